The van der Waals surface area contributed by atoms with Crippen LogP contribution in [0.2, 0.25) is 0 Å². The first-order chi connectivity index (χ1) is 15.2. The molecule has 1 atom stereocenters. The van der Waals surface area contributed by atoms with E-state index in [0.717, 1.165) is 67.7 Å². The van der Waals surface area contributed by atoms with Crippen LogP contribution in [0.1, 0.15) is 18.2 Å². The lowest BCUT2D eigenvalue weighted by Crippen LogP contribution is -2.38. The predicted molar refractivity (Wildman–Crippen MR) is 120 cm³/mol. The summed E-state index contributed by atoms with van der Waals surface area (Å²) in [5.41, 5.74) is 3.04. The second-order valence-corrected chi connectivity index (χ2v) is 8.17. The number of anilines is 1. The molecule has 3 heterocycles. The summed E-state index contributed by atoms with van der Waals surface area (Å²) in [6.45, 7) is 6.00. The third-order valence-corrected chi connectivity index (χ3v) is 6.30. The molecule has 2 aromatic carbocycles. The van der Waals surface area contributed by atoms with Gasteiger partial charge in [-0.15, -0.1) is 0 Å². The van der Waals surface area contributed by atoms with Gasteiger partial charge < -0.3 is 18.9 Å². The van der Waals surface area contributed by atoms with E-state index in [1.54, 1.807) is 7.11 Å². The third kappa shape index (κ3) is 4.03. The largest absolute Gasteiger partial charge is 0.497 e. The van der Waals surface area contributed by atoms with Gasteiger partial charge in [-0.3, -0.25) is 9.69 Å². The summed E-state index contributed by atoms with van der Waals surface area (Å²) >= 11 is 0. The van der Waals surface area contributed by atoms with Gasteiger partial charge in [-0.05, 0) is 36.4 Å². The van der Waals surface area contributed by atoms with Gasteiger partial charge in [0.25, 0.3) is 0 Å². The van der Waals surface area contributed by atoms with Gasteiger partial charge in [-0.1, -0.05) is 12.1 Å². The van der Waals surface area contributed by atoms with Crippen molar-refractivity contribution in [1.82, 2.24) is 14.5 Å². The fraction of sp³-hybridized carbons (Fsp3) is 0.417. The smallest absolute Gasteiger partial charge is 0.227 e. The lowest BCUT2D eigenvalue weighted by atomic mass is 10.1. The van der Waals surface area contributed by atoms with Gasteiger partial charge >= 0.3 is 0 Å². The SMILES string of the molecule is COc1ccc(N2C[C@@H](c3nc4ccccc4n3CCN3CCOCC3)CC2=O)cc1. The third-order valence-electron chi connectivity index (χ3n) is 6.30. The van der Waals surface area contributed by atoms with Crippen molar-refractivity contribution in [1.29, 1.82) is 0 Å². The first-order valence-corrected chi connectivity index (χ1v) is 10.9. The summed E-state index contributed by atoms with van der Waals surface area (Å²) in [5.74, 6) is 2.02. The van der Waals surface area contributed by atoms with Crippen LogP contribution in [0.15, 0.2) is 48.5 Å². The van der Waals surface area contributed by atoms with Crippen LogP contribution in [0, 0.1) is 0 Å². The van der Waals surface area contributed by atoms with E-state index in [4.69, 9.17) is 14.5 Å². The molecular formula is C24H28N4O3. The number of carbonyl (C=O) groups excluding carboxylic acids is 1. The van der Waals surface area contributed by atoms with E-state index < -0.39 is 0 Å². The Morgan fingerprint density at radius 2 is 1.84 bits per heavy atom. The van der Waals surface area contributed by atoms with Crippen molar-refractivity contribution in [3.05, 3.63) is 54.4 Å². The maximum Gasteiger partial charge on any atom is 0.227 e. The van der Waals surface area contributed by atoms with Gasteiger partial charge in [0, 0.05) is 50.7 Å². The number of benzene rings is 2. The number of para-hydroxylation sites is 2. The molecular weight excluding hydrogens is 392 g/mol. The van der Waals surface area contributed by atoms with Crippen molar-refractivity contribution in [2.45, 2.75) is 18.9 Å². The lowest BCUT2D eigenvalue weighted by Gasteiger charge is -2.27. The van der Waals surface area contributed by atoms with Crippen LogP contribution in [0.25, 0.3) is 11.0 Å². The number of hydrogen-bond acceptors (Lipinski definition) is 5. The molecule has 3 aromatic rings. The summed E-state index contributed by atoms with van der Waals surface area (Å²) in [7, 11) is 1.65. The number of imidazole rings is 1. The van der Waals surface area contributed by atoms with E-state index in [-0.39, 0.29) is 11.8 Å². The maximum absolute atomic E-state index is 12.9. The molecule has 5 rings (SSSR count). The van der Waals surface area contributed by atoms with Gasteiger partial charge in [0.2, 0.25) is 5.91 Å². The zero-order valence-electron chi connectivity index (χ0n) is 17.9. The van der Waals surface area contributed by atoms with Crippen LogP contribution in [0.4, 0.5) is 5.69 Å². The second-order valence-electron chi connectivity index (χ2n) is 8.17. The molecule has 1 amide bonds. The minimum absolute atomic E-state index is 0.0756. The van der Waals surface area contributed by atoms with Gasteiger partial charge in [0.05, 0.1) is 31.4 Å². The van der Waals surface area contributed by atoms with Crippen molar-refractivity contribution >= 4 is 22.6 Å². The fourth-order valence-electron chi connectivity index (χ4n) is 4.60. The van der Waals surface area contributed by atoms with Crippen molar-refractivity contribution < 1.29 is 14.3 Å². The molecule has 162 valence electrons. The number of aromatic nitrogens is 2. The molecule has 2 fully saturated rings. The number of morpholine rings is 1. The van der Waals surface area contributed by atoms with Gasteiger partial charge in [0.1, 0.15) is 11.6 Å². The normalized spacial score (nSPS) is 20.0. The van der Waals surface area contributed by atoms with Crippen LogP contribution < -0.4 is 9.64 Å². The zero-order chi connectivity index (χ0) is 21.2. The average Bonchev–Trinajstić information content (AvgIpc) is 3.39. The van der Waals surface area contributed by atoms with E-state index >= 15 is 0 Å². The minimum Gasteiger partial charge on any atom is -0.497 e. The number of fused-ring (bicyclic) bond motifs is 1. The fourth-order valence-corrected chi connectivity index (χ4v) is 4.60. The molecule has 2 aliphatic rings. The van der Waals surface area contributed by atoms with Crippen molar-refractivity contribution in [2.24, 2.45) is 0 Å². The van der Waals surface area contributed by atoms with Crippen molar-refractivity contribution in [3.63, 3.8) is 0 Å². The summed E-state index contributed by atoms with van der Waals surface area (Å²) < 4.78 is 13.0. The average molecular weight is 421 g/mol. The Hall–Kier alpha value is -2.90. The highest BCUT2D eigenvalue weighted by Crippen LogP contribution is 2.33. The number of methoxy groups -OCH3 is 1. The van der Waals surface area contributed by atoms with Gasteiger partial charge in [-0.25, -0.2) is 4.98 Å². The Labute approximate surface area is 182 Å². The molecule has 0 bridgehead atoms. The standard InChI is InChI=1S/C24H28N4O3/c1-30-20-8-6-19(7-9-20)28-17-18(16-23(28)29)24-25-21-4-2-3-5-22(21)27(24)11-10-26-12-14-31-15-13-26/h2-9,18H,10-17H2,1H3/t18-/m0/s1. The Morgan fingerprint density at radius 3 is 2.61 bits per heavy atom. The molecule has 0 aliphatic carbocycles. The molecule has 0 saturated carbocycles. The van der Waals surface area contributed by atoms with Crippen molar-refractivity contribution in [3.8, 4) is 5.75 Å². The zero-order valence-corrected chi connectivity index (χ0v) is 17.9. The highest BCUT2D eigenvalue weighted by atomic mass is 16.5. The molecule has 0 radical (unpaired) electrons. The van der Waals surface area contributed by atoms with Crippen LogP contribution in [0.5, 0.6) is 5.75 Å². The number of amides is 1. The molecule has 0 spiro atoms. The number of rotatable bonds is 6. The van der Waals surface area contributed by atoms with Crippen molar-refractivity contribution in [2.75, 3.05) is 51.4 Å². The molecule has 1 aromatic heterocycles. The summed E-state index contributed by atoms with van der Waals surface area (Å²) in [6, 6.07) is 15.9. The predicted octanol–water partition coefficient (Wildman–Crippen LogP) is 2.90. The van der Waals surface area contributed by atoms with Crippen LogP contribution in [0.3, 0.4) is 0 Å². The van der Waals surface area contributed by atoms with Gasteiger partial charge in [0.15, 0.2) is 0 Å². The topological polar surface area (TPSA) is 59.8 Å². The quantitative estimate of drug-likeness (QED) is 0.614. The Kier molecular flexibility index (Phi) is 5.61. The highest BCUT2D eigenvalue weighted by Gasteiger charge is 2.35. The number of nitrogens with zero attached hydrogens (tertiary/aromatic N) is 4. The van der Waals surface area contributed by atoms with Crippen LogP contribution >= 0.6 is 0 Å². The van der Waals surface area contributed by atoms with E-state index in [9.17, 15) is 4.79 Å². The summed E-state index contributed by atoms with van der Waals surface area (Å²) in [6.07, 6.45) is 0.479. The number of hydrogen-bond donors (Lipinski definition) is 0. The van der Waals surface area contributed by atoms with Crippen LogP contribution in [-0.4, -0.2) is 66.9 Å². The first-order valence-electron chi connectivity index (χ1n) is 10.9. The van der Waals surface area contributed by atoms with Gasteiger partial charge in [-0.2, -0.15) is 0 Å². The molecule has 2 aliphatic heterocycles. The number of ether oxygens (including phenoxy) is 2. The molecule has 7 nitrogen and oxygen atoms in total. The summed E-state index contributed by atoms with van der Waals surface area (Å²) in [5, 5.41) is 0. The molecule has 7 heteroatoms. The molecule has 0 N–H and O–H groups in total. The van der Waals surface area contributed by atoms with Crippen LogP contribution in [-0.2, 0) is 16.1 Å². The molecule has 2 saturated heterocycles. The summed E-state index contributed by atoms with van der Waals surface area (Å²) in [4.78, 5) is 22.2. The Morgan fingerprint density at radius 1 is 1.06 bits per heavy atom. The Balaban J connectivity index is 1.40. The lowest BCUT2D eigenvalue weighted by molar-refractivity contribution is -0.117. The Bertz CT molecular complexity index is 1060. The minimum atomic E-state index is 0.0756. The van der Waals surface area contributed by atoms with E-state index in [0.29, 0.717) is 13.0 Å². The van der Waals surface area contributed by atoms with E-state index in [1.165, 1.54) is 0 Å². The first kappa shape index (κ1) is 20.0. The monoisotopic (exact) mass is 420 g/mol. The van der Waals surface area contributed by atoms with E-state index in [1.807, 2.05) is 35.2 Å². The van der Waals surface area contributed by atoms with E-state index in [2.05, 4.69) is 27.7 Å². The highest BCUT2D eigenvalue weighted by molar-refractivity contribution is 5.96. The second kappa shape index (κ2) is 8.69. The number of carbonyl (C=O) groups is 1. The molecule has 0 unspecified atom stereocenters. The maximum atomic E-state index is 12.9. The molecule has 31 heavy (non-hydrogen) atoms.